The average Bonchev–Trinajstić information content (AvgIpc) is 2.68. The summed E-state index contributed by atoms with van der Waals surface area (Å²) in [7, 11) is 0. The van der Waals surface area contributed by atoms with Crippen molar-refractivity contribution in [1.29, 1.82) is 0 Å². The lowest BCUT2D eigenvalue weighted by Crippen LogP contribution is -2.36. The Morgan fingerprint density at radius 1 is 1.06 bits per heavy atom. The number of aromatic hydroxyl groups is 1. The molecule has 0 saturated carbocycles. The van der Waals surface area contributed by atoms with Crippen LogP contribution in [0.5, 0.6) is 11.5 Å². The van der Waals surface area contributed by atoms with Gasteiger partial charge >= 0.3 is 0 Å². The molecule has 1 aliphatic rings. The Labute approximate surface area is 188 Å². The van der Waals surface area contributed by atoms with Crippen LogP contribution < -0.4 is 4.74 Å². The zero-order valence-electron chi connectivity index (χ0n) is 20.3. The number of benzene rings is 1. The minimum Gasteiger partial charge on any atom is -0.507 e. The molecule has 0 amide bonds. The van der Waals surface area contributed by atoms with Gasteiger partial charge in [0.25, 0.3) is 0 Å². The number of hydrogen-bond acceptors (Lipinski definition) is 3. The second kappa shape index (κ2) is 11.4. The van der Waals surface area contributed by atoms with Gasteiger partial charge in [0.1, 0.15) is 17.1 Å². The van der Waals surface area contributed by atoms with E-state index in [0.29, 0.717) is 5.56 Å². The van der Waals surface area contributed by atoms with Crippen molar-refractivity contribution < 1.29 is 14.6 Å². The molecular formula is C28H40O3. The molecule has 0 unspecified atom stereocenters. The fourth-order valence-corrected chi connectivity index (χ4v) is 4.21. The molecule has 0 radical (unpaired) electrons. The van der Waals surface area contributed by atoms with Gasteiger partial charge in [-0.15, -0.1) is 0 Å². The first kappa shape index (κ1) is 25.0. The molecular weight excluding hydrogens is 384 g/mol. The summed E-state index contributed by atoms with van der Waals surface area (Å²) in [6, 6.07) is 1.63. The highest BCUT2D eigenvalue weighted by Crippen LogP contribution is 2.42. The smallest absolute Gasteiger partial charge is 0.154 e. The lowest BCUT2D eigenvalue weighted by molar-refractivity contribution is 0.0557. The molecule has 3 nitrogen and oxygen atoms in total. The van der Waals surface area contributed by atoms with Gasteiger partial charge in [0.15, 0.2) is 6.29 Å². The lowest BCUT2D eigenvalue weighted by atomic mass is 9.86. The predicted molar refractivity (Wildman–Crippen MR) is 130 cm³/mol. The van der Waals surface area contributed by atoms with Gasteiger partial charge in [-0.05, 0) is 105 Å². The number of carbonyl (C=O) groups is 1. The number of phenols is 1. The molecule has 1 aromatic rings. The molecule has 0 saturated heterocycles. The van der Waals surface area contributed by atoms with Crippen LogP contribution in [-0.4, -0.2) is 17.0 Å². The maximum atomic E-state index is 11.4. The summed E-state index contributed by atoms with van der Waals surface area (Å²) in [5.74, 6) is 0.835. The molecule has 0 fully saturated rings. The Hall–Kier alpha value is -2.29. The molecule has 0 aliphatic carbocycles. The van der Waals surface area contributed by atoms with Gasteiger partial charge in [-0.25, -0.2) is 0 Å². The van der Waals surface area contributed by atoms with Crippen molar-refractivity contribution in [2.24, 2.45) is 0 Å². The third-order valence-corrected chi connectivity index (χ3v) is 6.25. The monoisotopic (exact) mass is 424 g/mol. The number of aldehydes is 1. The van der Waals surface area contributed by atoms with E-state index in [9.17, 15) is 9.90 Å². The minimum atomic E-state index is -0.243. The van der Waals surface area contributed by atoms with Gasteiger partial charge in [0.2, 0.25) is 0 Å². The number of aryl methyl sites for hydroxylation is 1. The molecule has 1 atom stereocenters. The van der Waals surface area contributed by atoms with Crippen LogP contribution in [0.15, 0.2) is 41.0 Å². The van der Waals surface area contributed by atoms with E-state index in [2.05, 4.69) is 52.8 Å². The van der Waals surface area contributed by atoms with E-state index in [1.807, 2.05) is 6.92 Å². The van der Waals surface area contributed by atoms with E-state index in [1.54, 1.807) is 6.07 Å². The van der Waals surface area contributed by atoms with Gasteiger partial charge in [-0.3, -0.25) is 4.79 Å². The van der Waals surface area contributed by atoms with Crippen molar-refractivity contribution in [1.82, 2.24) is 0 Å². The van der Waals surface area contributed by atoms with Crippen molar-refractivity contribution in [3.8, 4) is 11.5 Å². The number of phenolic OH excluding ortho intramolecular Hbond substituents is 1. The normalized spacial score (nSPS) is 18.9. The summed E-state index contributed by atoms with van der Waals surface area (Å²) in [4.78, 5) is 11.4. The number of ether oxygens (including phenoxy) is 1. The number of allylic oxidation sites excluding steroid dienone is 6. The molecule has 1 heterocycles. The summed E-state index contributed by atoms with van der Waals surface area (Å²) in [5.41, 5.74) is 6.17. The van der Waals surface area contributed by atoms with E-state index in [-0.39, 0.29) is 11.4 Å². The molecule has 0 spiro atoms. The van der Waals surface area contributed by atoms with Crippen LogP contribution in [-0.2, 0) is 6.42 Å². The zero-order chi connectivity index (χ0) is 23.0. The van der Waals surface area contributed by atoms with Crippen LogP contribution in [0.25, 0.3) is 0 Å². The Kier molecular flexibility index (Phi) is 9.15. The highest BCUT2D eigenvalue weighted by atomic mass is 16.5. The molecule has 170 valence electrons. The van der Waals surface area contributed by atoms with E-state index < -0.39 is 0 Å². The highest BCUT2D eigenvalue weighted by molar-refractivity contribution is 5.83. The van der Waals surface area contributed by atoms with Crippen LogP contribution >= 0.6 is 0 Å². The van der Waals surface area contributed by atoms with Crippen LogP contribution in [0.3, 0.4) is 0 Å². The van der Waals surface area contributed by atoms with Crippen molar-refractivity contribution in [2.45, 2.75) is 98.5 Å². The van der Waals surface area contributed by atoms with Crippen LogP contribution in [0.1, 0.15) is 101 Å². The van der Waals surface area contributed by atoms with Crippen molar-refractivity contribution >= 4 is 6.29 Å². The summed E-state index contributed by atoms with van der Waals surface area (Å²) in [5, 5.41) is 10.0. The van der Waals surface area contributed by atoms with Gasteiger partial charge in [-0.1, -0.05) is 34.9 Å². The van der Waals surface area contributed by atoms with Crippen molar-refractivity contribution in [2.75, 3.05) is 0 Å². The third kappa shape index (κ3) is 7.41. The van der Waals surface area contributed by atoms with Gasteiger partial charge in [0, 0.05) is 5.56 Å². The third-order valence-electron chi connectivity index (χ3n) is 6.25. The summed E-state index contributed by atoms with van der Waals surface area (Å²) < 4.78 is 6.38. The molecule has 1 aromatic carbocycles. The largest absolute Gasteiger partial charge is 0.507 e. The zero-order valence-corrected chi connectivity index (χ0v) is 20.3. The van der Waals surface area contributed by atoms with E-state index >= 15 is 0 Å². The topological polar surface area (TPSA) is 46.5 Å². The molecule has 0 bridgehead atoms. The standard InChI is InChI=1S/C28H40O3/c1-20(2)10-7-11-21(3)12-8-13-22(4)14-9-16-28(6)17-15-24-25(19-29)26(30)18-23(5)27(24)31-28/h10,12,14,18-19,30H,7-9,11,13,15-17H2,1-6H3/b21-12+,22-14+/t28-/m0/s1. The van der Waals surface area contributed by atoms with E-state index in [1.165, 1.54) is 16.7 Å². The Bertz CT molecular complexity index is 869. The summed E-state index contributed by atoms with van der Waals surface area (Å²) in [6.45, 7) is 12.8. The molecule has 3 heteroatoms. The van der Waals surface area contributed by atoms with Crippen LogP contribution in [0, 0.1) is 6.92 Å². The summed E-state index contributed by atoms with van der Waals surface area (Å²) in [6.07, 6.45) is 15.8. The SMILES string of the molecule is CC(C)=CCC/C(C)=C/CC/C(C)=C/CC[C@@]1(C)CCc2c(C=O)c(O)cc(C)c2O1. The van der Waals surface area contributed by atoms with Crippen LogP contribution in [0.4, 0.5) is 0 Å². The Balaban J connectivity index is 1.87. The molecule has 1 N–H and O–H groups in total. The quantitative estimate of drug-likeness (QED) is 0.308. The second-order valence-corrected chi connectivity index (χ2v) is 9.60. The van der Waals surface area contributed by atoms with Gasteiger partial charge in [-0.2, -0.15) is 0 Å². The number of fused-ring (bicyclic) bond motifs is 1. The first-order valence-corrected chi connectivity index (χ1v) is 11.6. The maximum absolute atomic E-state index is 11.4. The fraction of sp³-hybridized carbons (Fsp3) is 0.536. The highest BCUT2D eigenvalue weighted by Gasteiger charge is 2.33. The first-order valence-electron chi connectivity index (χ1n) is 11.6. The molecule has 31 heavy (non-hydrogen) atoms. The molecule has 0 aromatic heterocycles. The lowest BCUT2D eigenvalue weighted by Gasteiger charge is -2.37. The predicted octanol–water partition coefficient (Wildman–Crippen LogP) is 7.80. The Morgan fingerprint density at radius 2 is 1.68 bits per heavy atom. The van der Waals surface area contributed by atoms with Crippen molar-refractivity contribution in [3.05, 3.63) is 57.7 Å². The molecule has 1 aliphatic heterocycles. The Morgan fingerprint density at radius 3 is 2.29 bits per heavy atom. The van der Waals surface area contributed by atoms with Gasteiger partial charge in [0.05, 0.1) is 5.56 Å². The van der Waals surface area contributed by atoms with E-state index in [4.69, 9.17) is 4.74 Å². The second-order valence-electron chi connectivity index (χ2n) is 9.60. The van der Waals surface area contributed by atoms with Crippen LogP contribution in [0.2, 0.25) is 0 Å². The number of carbonyl (C=O) groups excluding carboxylic acids is 1. The van der Waals surface area contributed by atoms with E-state index in [0.717, 1.165) is 74.5 Å². The van der Waals surface area contributed by atoms with Gasteiger partial charge < -0.3 is 9.84 Å². The first-order chi connectivity index (χ1) is 14.6. The maximum Gasteiger partial charge on any atom is 0.154 e. The minimum absolute atomic E-state index is 0.0539. The fourth-order valence-electron chi connectivity index (χ4n) is 4.21. The number of hydrogen-bond donors (Lipinski definition) is 1. The summed E-state index contributed by atoms with van der Waals surface area (Å²) >= 11 is 0. The van der Waals surface area contributed by atoms with Crippen molar-refractivity contribution in [3.63, 3.8) is 0 Å². The number of rotatable bonds is 10. The molecule has 2 rings (SSSR count). The average molecular weight is 425 g/mol.